The first-order valence-electron chi connectivity index (χ1n) is 9.41. The Morgan fingerprint density at radius 1 is 0.870 bits per heavy atom. The lowest BCUT2D eigenvalue weighted by Gasteiger charge is -2.08. The highest BCUT2D eigenvalue weighted by Gasteiger charge is 2.08. The van der Waals surface area contributed by atoms with Crippen molar-refractivity contribution in [3.05, 3.63) is 30.1 Å². The van der Waals surface area contributed by atoms with Crippen molar-refractivity contribution in [3.63, 3.8) is 0 Å². The average Bonchev–Trinajstić information content (AvgIpc) is 2.94. The van der Waals surface area contributed by atoms with Gasteiger partial charge in [0, 0.05) is 6.54 Å². The minimum absolute atomic E-state index is 0.0203. The fraction of sp³-hybridized carbons (Fsp3) is 0.650. The highest BCUT2D eigenvalue weighted by molar-refractivity contribution is 5.75. The number of hydrogen-bond donors (Lipinski definition) is 1. The van der Waals surface area contributed by atoms with E-state index in [-0.39, 0.29) is 6.61 Å². The van der Waals surface area contributed by atoms with E-state index in [0.717, 1.165) is 23.4 Å². The van der Waals surface area contributed by atoms with Crippen molar-refractivity contribution < 1.29 is 5.11 Å². The lowest BCUT2D eigenvalue weighted by atomic mass is 10.1. The minimum atomic E-state index is 0.0203. The predicted molar refractivity (Wildman–Crippen MR) is 97.5 cm³/mol. The van der Waals surface area contributed by atoms with E-state index in [9.17, 15) is 5.11 Å². The van der Waals surface area contributed by atoms with E-state index in [1.54, 1.807) is 0 Å². The van der Waals surface area contributed by atoms with Gasteiger partial charge >= 0.3 is 0 Å². The largest absolute Gasteiger partial charge is 0.388 e. The molecule has 1 N–H and O–H groups in total. The monoisotopic (exact) mass is 316 g/mol. The smallest absolute Gasteiger partial charge is 0.135 e. The summed E-state index contributed by atoms with van der Waals surface area (Å²) in [5.74, 6) is 0.794. The van der Waals surface area contributed by atoms with Crippen LogP contribution in [-0.2, 0) is 13.2 Å². The second-order valence-electron chi connectivity index (χ2n) is 6.51. The molecule has 0 saturated heterocycles. The molecule has 3 heteroatoms. The number of imidazole rings is 1. The summed E-state index contributed by atoms with van der Waals surface area (Å²) in [4.78, 5) is 4.51. The van der Waals surface area contributed by atoms with E-state index in [1.165, 1.54) is 64.2 Å². The van der Waals surface area contributed by atoms with Crippen LogP contribution in [0.4, 0.5) is 0 Å². The molecule has 0 fully saturated rings. The van der Waals surface area contributed by atoms with Gasteiger partial charge in [0.2, 0.25) is 0 Å². The molecule has 0 saturated carbocycles. The molecule has 3 nitrogen and oxygen atoms in total. The van der Waals surface area contributed by atoms with Crippen LogP contribution < -0.4 is 0 Å². The number of nitrogens with zero attached hydrogens (tertiary/aromatic N) is 2. The van der Waals surface area contributed by atoms with Gasteiger partial charge in [-0.25, -0.2) is 4.98 Å². The van der Waals surface area contributed by atoms with Gasteiger partial charge in [0.15, 0.2) is 0 Å². The van der Waals surface area contributed by atoms with Crippen LogP contribution in [-0.4, -0.2) is 14.7 Å². The maximum atomic E-state index is 9.50. The van der Waals surface area contributed by atoms with Gasteiger partial charge in [-0.15, -0.1) is 0 Å². The molecule has 1 aromatic carbocycles. The van der Waals surface area contributed by atoms with Gasteiger partial charge in [0.05, 0.1) is 11.0 Å². The van der Waals surface area contributed by atoms with Crippen LogP contribution in [0, 0.1) is 0 Å². The van der Waals surface area contributed by atoms with Crippen LogP contribution in [0.3, 0.4) is 0 Å². The van der Waals surface area contributed by atoms with Gasteiger partial charge in [-0.1, -0.05) is 76.8 Å². The number of hydrogen-bond acceptors (Lipinski definition) is 2. The van der Waals surface area contributed by atoms with Crippen LogP contribution in [0.1, 0.15) is 77.0 Å². The highest BCUT2D eigenvalue weighted by Crippen LogP contribution is 2.18. The Morgan fingerprint density at radius 3 is 2.13 bits per heavy atom. The molecule has 2 rings (SSSR count). The molecule has 23 heavy (non-hydrogen) atoms. The van der Waals surface area contributed by atoms with Crippen molar-refractivity contribution >= 4 is 11.0 Å². The molecule has 0 unspecified atom stereocenters. The van der Waals surface area contributed by atoms with Crippen LogP contribution in [0.5, 0.6) is 0 Å². The number of aliphatic hydroxyl groups excluding tert-OH is 1. The number of rotatable bonds is 12. The van der Waals surface area contributed by atoms with Crippen LogP contribution >= 0.6 is 0 Å². The van der Waals surface area contributed by atoms with E-state index in [0.29, 0.717) is 0 Å². The third-order valence-corrected chi connectivity index (χ3v) is 4.61. The van der Waals surface area contributed by atoms with E-state index < -0.39 is 0 Å². The second-order valence-corrected chi connectivity index (χ2v) is 6.51. The SMILES string of the molecule is CCCCCCCCCCCCn1c(CO)nc2ccccc21. The Hall–Kier alpha value is -1.35. The number of fused-ring (bicyclic) bond motifs is 1. The Labute approximate surface area is 140 Å². The van der Waals surface area contributed by atoms with Crippen LogP contribution in [0.2, 0.25) is 0 Å². The highest BCUT2D eigenvalue weighted by atomic mass is 16.3. The maximum Gasteiger partial charge on any atom is 0.135 e. The molecule has 128 valence electrons. The molecule has 0 atom stereocenters. The molecule has 1 heterocycles. The number of unbranched alkanes of at least 4 members (excludes halogenated alkanes) is 9. The molecular formula is C20H32N2O. The number of para-hydroxylation sites is 2. The Kier molecular flexibility index (Phi) is 8.16. The third-order valence-electron chi connectivity index (χ3n) is 4.61. The van der Waals surface area contributed by atoms with E-state index in [2.05, 4.69) is 22.5 Å². The Bertz CT molecular complexity index is 562. The standard InChI is InChI=1S/C20H32N2O/c1-2-3-4-5-6-7-8-9-10-13-16-22-19-15-12-11-14-18(19)21-20(22)17-23/h11-12,14-15,23H,2-10,13,16-17H2,1H3. The average molecular weight is 316 g/mol. The van der Waals surface area contributed by atoms with Gasteiger partial charge in [0.1, 0.15) is 12.4 Å². The van der Waals surface area contributed by atoms with Crippen molar-refractivity contribution in [2.75, 3.05) is 0 Å². The first-order chi connectivity index (χ1) is 11.4. The van der Waals surface area contributed by atoms with Crippen molar-refractivity contribution in [2.45, 2.75) is 84.3 Å². The van der Waals surface area contributed by atoms with Crippen molar-refractivity contribution in [2.24, 2.45) is 0 Å². The molecule has 0 aliphatic carbocycles. The lowest BCUT2D eigenvalue weighted by Crippen LogP contribution is -2.04. The van der Waals surface area contributed by atoms with Gasteiger partial charge in [-0.3, -0.25) is 0 Å². The van der Waals surface area contributed by atoms with Crippen LogP contribution in [0.25, 0.3) is 11.0 Å². The zero-order valence-corrected chi connectivity index (χ0v) is 14.6. The van der Waals surface area contributed by atoms with Crippen molar-refractivity contribution in [1.82, 2.24) is 9.55 Å². The molecule has 0 radical (unpaired) electrons. The van der Waals surface area contributed by atoms with E-state index in [1.807, 2.05) is 18.2 Å². The molecular weight excluding hydrogens is 284 g/mol. The topological polar surface area (TPSA) is 38.0 Å². The zero-order valence-electron chi connectivity index (χ0n) is 14.6. The molecule has 2 aromatic rings. The van der Waals surface area contributed by atoms with E-state index in [4.69, 9.17) is 0 Å². The third kappa shape index (κ3) is 5.65. The summed E-state index contributed by atoms with van der Waals surface area (Å²) in [7, 11) is 0. The summed E-state index contributed by atoms with van der Waals surface area (Å²) in [5, 5.41) is 9.50. The summed E-state index contributed by atoms with van der Waals surface area (Å²) in [6, 6.07) is 8.16. The molecule has 0 spiro atoms. The van der Waals surface area contributed by atoms with Gasteiger partial charge in [0.25, 0.3) is 0 Å². The first kappa shape index (κ1) is 18.0. The summed E-state index contributed by atoms with van der Waals surface area (Å²) in [5.41, 5.74) is 2.14. The number of aliphatic hydroxyl groups is 1. The maximum absolute atomic E-state index is 9.50. The van der Waals surface area contributed by atoms with E-state index >= 15 is 0 Å². The second kappa shape index (κ2) is 10.4. The number of aryl methyl sites for hydroxylation is 1. The minimum Gasteiger partial charge on any atom is -0.388 e. The van der Waals surface area contributed by atoms with Crippen molar-refractivity contribution in [1.29, 1.82) is 0 Å². The van der Waals surface area contributed by atoms with Gasteiger partial charge in [-0.2, -0.15) is 0 Å². The molecule has 0 amide bonds. The lowest BCUT2D eigenvalue weighted by molar-refractivity contribution is 0.265. The summed E-state index contributed by atoms with van der Waals surface area (Å²) in [6.07, 6.45) is 13.5. The summed E-state index contributed by atoms with van der Waals surface area (Å²) in [6.45, 7) is 3.25. The van der Waals surface area contributed by atoms with Gasteiger partial charge in [-0.05, 0) is 18.6 Å². The summed E-state index contributed by atoms with van der Waals surface area (Å²) >= 11 is 0. The molecule has 0 bridgehead atoms. The normalized spacial score (nSPS) is 11.4. The quantitative estimate of drug-likeness (QED) is 0.529. The summed E-state index contributed by atoms with van der Waals surface area (Å²) < 4.78 is 2.18. The number of aromatic nitrogens is 2. The first-order valence-corrected chi connectivity index (χ1v) is 9.41. The molecule has 1 aromatic heterocycles. The molecule has 0 aliphatic rings. The zero-order chi connectivity index (χ0) is 16.3. The predicted octanol–water partition coefficient (Wildman–Crippen LogP) is 5.45. The fourth-order valence-corrected chi connectivity index (χ4v) is 3.25. The Morgan fingerprint density at radius 2 is 1.48 bits per heavy atom. The molecule has 0 aliphatic heterocycles. The van der Waals surface area contributed by atoms with Gasteiger partial charge < -0.3 is 9.67 Å². The van der Waals surface area contributed by atoms with Crippen molar-refractivity contribution in [3.8, 4) is 0 Å². The van der Waals surface area contributed by atoms with Crippen LogP contribution in [0.15, 0.2) is 24.3 Å². The Balaban J connectivity index is 1.65. The number of benzene rings is 1. The fourth-order valence-electron chi connectivity index (χ4n) is 3.25.